The van der Waals surface area contributed by atoms with E-state index < -0.39 is 8.32 Å². The molecular formula is C22H30O3Si. The van der Waals surface area contributed by atoms with E-state index in [9.17, 15) is 5.11 Å². The third-order valence-corrected chi connectivity index (χ3v) is 10.3. The normalized spacial score (nSPS) is 21.1. The van der Waals surface area contributed by atoms with Crippen LogP contribution >= 0.6 is 0 Å². The van der Waals surface area contributed by atoms with Crippen LogP contribution in [0.3, 0.4) is 0 Å². The molecule has 3 rings (SSSR count). The zero-order valence-corrected chi connectivity index (χ0v) is 17.0. The van der Waals surface area contributed by atoms with Gasteiger partial charge >= 0.3 is 0 Å². The van der Waals surface area contributed by atoms with Gasteiger partial charge in [-0.3, -0.25) is 0 Å². The van der Waals surface area contributed by atoms with Crippen molar-refractivity contribution in [1.82, 2.24) is 0 Å². The average molecular weight is 371 g/mol. The van der Waals surface area contributed by atoms with Crippen molar-refractivity contribution in [3.63, 3.8) is 0 Å². The van der Waals surface area contributed by atoms with E-state index in [1.165, 1.54) is 10.4 Å². The fraction of sp³-hybridized carbons (Fsp3) is 0.455. The highest BCUT2D eigenvalue weighted by Crippen LogP contribution is 2.37. The number of aliphatic hydroxyl groups excluding tert-OH is 1. The van der Waals surface area contributed by atoms with Gasteiger partial charge in [0.1, 0.15) is 0 Å². The predicted molar refractivity (Wildman–Crippen MR) is 109 cm³/mol. The maximum Gasteiger partial charge on any atom is 0.261 e. The molecule has 1 heterocycles. The summed E-state index contributed by atoms with van der Waals surface area (Å²) < 4.78 is 12.8. The Balaban J connectivity index is 1.98. The number of hydrogen-bond acceptors (Lipinski definition) is 3. The lowest BCUT2D eigenvalue weighted by Gasteiger charge is -2.43. The Morgan fingerprint density at radius 3 is 1.85 bits per heavy atom. The first-order valence-electron chi connectivity index (χ1n) is 9.48. The van der Waals surface area contributed by atoms with Gasteiger partial charge in [-0.2, -0.15) is 0 Å². The molecule has 2 aromatic carbocycles. The lowest BCUT2D eigenvalue weighted by molar-refractivity contribution is -0.00885. The first-order chi connectivity index (χ1) is 12.5. The van der Waals surface area contributed by atoms with Crippen LogP contribution in [-0.4, -0.2) is 38.8 Å². The fourth-order valence-corrected chi connectivity index (χ4v) is 8.61. The highest BCUT2D eigenvalue weighted by Gasteiger charge is 2.50. The van der Waals surface area contributed by atoms with Gasteiger partial charge < -0.3 is 14.3 Å². The van der Waals surface area contributed by atoms with Crippen LogP contribution in [0.2, 0.25) is 5.04 Å². The summed E-state index contributed by atoms with van der Waals surface area (Å²) in [6.07, 6.45) is 1.88. The quantitative estimate of drug-likeness (QED) is 0.794. The van der Waals surface area contributed by atoms with Crippen molar-refractivity contribution in [3.05, 3.63) is 60.7 Å². The Kier molecular flexibility index (Phi) is 5.98. The summed E-state index contributed by atoms with van der Waals surface area (Å²) >= 11 is 0. The lowest BCUT2D eigenvalue weighted by atomic mass is 10.2. The maximum absolute atomic E-state index is 9.34. The molecule has 1 unspecified atom stereocenters. The molecule has 1 fully saturated rings. The molecule has 0 bridgehead atoms. The first-order valence-corrected chi connectivity index (χ1v) is 11.4. The van der Waals surface area contributed by atoms with E-state index in [-0.39, 0.29) is 23.9 Å². The van der Waals surface area contributed by atoms with Crippen LogP contribution in [-0.2, 0) is 9.16 Å². The molecule has 140 valence electrons. The second kappa shape index (κ2) is 8.05. The summed E-state index contributed by atoms with van der Waals surface area (Å²) in [4.78, 5) is 0. The van der Waals surface area contributed by atoms with Crippen molar-refractivity contribution in [2.75, 3.05) is 13.2 Å². The minimum Gasteiger partial charge on any atom is -0.405 e. The second-order valence-electron chi connectivity index (χ2n) is 8.11. The van der Waals surface area contributed by atoms with Crippen molar-refractivity contribution in [3.8, 4) is 0 Å². The lowest BCUT2D eigenvalue weighted by Crippen LogP contribution is -2.67. The summed E-state index contributed by atoms with van der Waals surface area (Å²) in [6.45, 7) is 7.52. The predicted octanol–water partition coefficient (Wildman–Crippen LogP) is 3.10. The molecule has 1 aliphatic rings. The molecular weight excluding hydrogens is 340 g/mol. The molecule has 1 saturated heterocycles. The van der Waals surface area contributed by atoms with Crippen molar-refractivity contribution < 1.29 is 14.3 Å². The van der Waals surface area contributed by atoms with Crippen LogP contribution < -0.4 is 10.4 Å². The summed E-state index contributed by atoms with van der Waals surface area (Å²) in [7, 11) is -2.49. The van der Waals surface area contributed by atoms with Crippen LogP contribution in [0.1, 0.15) is 33.6 Å². The molecule has 0 amide bonds. The molecule has 1 aliphatic heterocycles. The van der Waals surface area contributed by atoms with E-state index in [2.05, 4.69) is 81.4 Å². The third-order valence-electron chi connectivity index (χ3n) is 5.30. The van der Waals surface area contributed by atoms with Gasteiger partial charge in [-0.1, -0.05) is 81.4 Å². The number of hydrogen-bond donors (Lipinski definition) is 1. The van der Waals surface area contributed by atoms with Crippen molar-refractivity contribution in [2.24, 2.45) is 0 Å². The van der Waals surface area contributed by atoms with E-state index in [0.29, 0.717) is 6.61 Å². The first kappa shape index (κ1) is 19.3. The van der Waals surface area contributed by atoms with Gasteiger partial charge in [0.25, 0.3) is 8.32 Å². The monoisotopic (exact) mass is 370 g/mol. The van der Waals surface area contributed by atoms with Crippen LogP contribution in [0.15, 0.2) is 60.7 Å². The van der Waals surface area contributed by atoms with Crippen molar-refractivity contribution in [2.45, 2.75) is 50.9 Å². The summed E-state index contributed by atoms with van der Waals surface area (Å²) in [6, 6.07) is 21.3. The third kappa shape index (κ3) is 3.79. The van der Waals surface area contributed by atoms with Gasteiger partial charge in [0, 0.05) is 0 Å². The molecule has 0 radical (unpaired) electrons. The van der Waals surface area contributed by atoms with Crippen LogP contribution in [0.5, 0.6) is 0 Å². The van der Waals surface area contributed by atoms with E-state index in [4.69, 9.17) is 9.16 Å². The smallest absolute Gasteiger partial charge is 0.261 e. The van der Waals surface area contributed by atoms with E-state index in [1.807, 2.05) is 0 Å². The Labute approximate surface area is 158 Å². The van der Waals surface area contributed by atoms with Crippen LogP contribution in [0, 0.1) is 0 Å². The number of benzene rings is 2. The average Bonchev–Trinajstić information content (AvgIpc) is 3.11. The molecule has 0 aromatic heterocycles. The minimum absolute atomic E-state index is 0.0231. The van der Waals surface area contributed by atoms with Gasteiger partial charge in [0.05, 0.1) is 25.4 Å². The molecule has 2 aromatic rings. The van der Waals surface area contributed by atoms with Gasteiger partial charge in [-0.15, -0.1) is 0 Å². The van der Waals surface area contributed by atoms with E-state index >= 15 is 0 Å². The van der Waals surface area contributed by atoms with Crippen LogP contribution in [0.4, 0.5) is 0 Å². The number of ether oxygens (including phenoxy) is 1. The van der Waals surface area contributed by atoms with Gasteiger partial charge in [-0.05, 0) is 28.3 Å². The molecule has 0 spiro atoms. The molecule has 26 heavy (non-hydrogen) atoms. The van der Waals surface area contributed by atoms with Gasteiger partial charge in [-0.25, -0.2) is 0 Å². The Morgan fingerprint density at radius 1 is 0.923 bits per heavy atom. The zero-order chi connectivity index (χ0) is 18.6. The maximum atomic E-state index is 9.34. The Hall–Kier alpha value is -1.46. The highest BCUT2D eigenvalue weighted by molar-refractivity contribution is 6.99. The molecule has 0 aliphatic carbocycles. The molecule has 4 heteroatoms. The van der Waals surface area contributed by atoms with Gasteiger partial charge in [0.2, 0.25) is 0 Å². The van der Waals surface area contributed by atoms with Crippen LogP contribution in [0.25, 0.3) is 0 Å². The summed E-state index contributed by atoms with van der Waals surface area (Å²) in [5.74, 6) is 0. The minimum atomic E-state index is -2.49. The standard InChI is InChI=1S/C22H30O3Si/c1-22(2,3)26(20-10-6-4-7-11-20,21-12-8-5-9-13-21)24-17-19-15-14-18(16-23)25-19/h4-13,18-19,23H,14-17H2,1-3H3/t18?,19-/m1/s1. The molecule has 2 atom stereocenters. The highest BCUT2D eigenvalue weighted by atomic mass is 28.4. The van der Waals surface area contributed by atoms with Crippen molar-refractivity contribution >= 4 is 18.7 Å². The topological polar surface area (TPSA) is 38.7 Å². The molecule has 3 nitrogen and oxygen atoms in total. The second-order valence-corrected chi connectivity index (χ2v) is 12.4. The van der Waals surface area contributed by atoms with Crippen molar-refractivity contribution in [1.29, 1.82) is 0 Å². The largest absolute Gasteiger partial charge is 0.405 e. The number of rotatable bonds is 6. The summed E-state index contributed by atoms with van der Waals surface area (Å²) in [5, 5.41) is 11.9. The van der Waals surface area contributed by atoms with Gasteiger partial charge in [0.15, 0.2) is 0 Å². The summed E-state index contributed by atoms with van der Waals surface area (Å²) in [5.41, 5.74) is 0. The zero-order valence-electron chi connectivity index (χ0n) is 16.0. The Bertz CT molecular complexity index is 642. The number of aliphatic hydroxyl groups is 1. The molecule has 0 saturated carbocycles. The van der Waals surface area contributed by atoms with E-state index in [1.54, 1.807) is 0 Å². The molecule has 1 N–H and O–H groups in total. The Morgan fingerprint density at radius 2 is 1.42 bits per heavy atom. The van der Waals surface area contributed by atoms with E-state index in [0.717, 1.165) is 12.8 Å². The fourth-order valence-electron chi connectivity index (χ4n) is 4.02. The SMILES string of the molecule is CC(C)(C)[Si](OC[C@H]1CCC(CO)O1)(c1ccccc1)c1ccccc1.